The lowest BCUT2D eigenvalue weighted by Gasteiger charge is -2.06. The molecule has 0 heterocycles. The van der Waals surface area contributed by atoms with Gasteiger partial charge in [0.1, 0.15) is 5.75 Å². The summed E-state index contributed by atoms with van der Waals surface area (Å²) in [5, 5.41) is 11.6. The van der Waals surface area contributed by atoms with Crippen molar-refractivity contribution < 1.29 is 19.4 Å². The molecule has 2 rings (SSSR count). The van der Waals surface area contributed by atoms with Gasteiger partial charge in [-0.25, -0.2) is 4.79 Å². The number of hydrogen-bond acceptors (Lipinski definition) is 3. The number of ether oxygens (including phenoxy) is 1. The summed E-state index contributed by atoms with van der Waals surface area (Å²) in [7, 11) is 1.57. The number of rotatable bonds is 5. The molecule has 0 aliphatic carbocycles. The first-order valence-corrected chi connectivity index (χ1v) is 7.45. The molecular formula is C17H14BrNO4. The van der Waals surface area contributed by atoms with Gasteiger partial charge in [0, 0.05) is 6.08 Å². The molecule has 2 aromatic carbocycles. The van der Waals surface area contributed by atoms with Gasteiger partial charge in [-0.1, -0.05) is 18.2 Å². The third-order valence-corrected chi connectivity index (χ3v) is 3.64. The minimum absolute atomic E-state index is 0.0430. The number of benzene rings is 2. The minimum atomic E-state index is -1.09. The molecule has 0 unspecified atom stereocenters. The highest BCUT2D eigenvalue weighted by molar-refractivity contribution is 9.10. The number of carboxylic acid groups (broad SMARTS) is 1. The van der Waals surface area contributed by atoms with Gasteiger partial charge in [-0.3, -0.25) is 4.79 Å². The summed E-state index contributed by atoms with van der Waals surface area (Å²) in [6, 6.07) is 11.6. The molecule has 23 heavy (non-hydrogen) atoms. The fourth-order valence-electron chi connectivity index (χ4n) is 1.91. The van der Waals surface area contributed by atoms with Gasteiger partial charge in [-0.2, -0.15) is 0 Å². The highest BCUT2D eigenvalue weighted by Gasteiger charge is 2.10. The third kappa shape index (κ3) is 4.43. The maximum absolute atomic E-state index is 11.9. The van der Waals surface area contributed by atoms with Crippen LogP contribution in [0.1, 0.15) is 15.9 Å². The number of anilines is 1. The average molecular weight is 376 g/mol. The fourth-order valence-corrected chi connectivity index (χ4v) is 2.47. The van der Waals surface area contributed by atoms with E-state index in [0.29, 0.717) is 5.75 Å². The van der Waals surface area contributed by atoms with E-state index in [-0.39, 0.29) is 11.3 Å². The third-order valence-electron chi connectivity index (χ3n) is 3.02. The van der Waals surface area contributed by atoms with Gasteiger partial charge in [0.25, 0.3) is 0 Å². The fraction of sp³-hybridized carbons (Fsp3) is 0.0588. The van der Waals surface area contributed by atoms with E-state index in [2.05, 4.69) is 21.2 Å². The van der Waals surface area contributed by atoms with Crippen LogP contribution in [0.2, 0.25) is 0 Å². The van der Waals surface area contributed by atoms with Crippen molar-refractivity contribution in [3.63, 3.8) is 0 Å². The Morgan fingerprint density at radius 2 is 1.96 bits per heavy atom. The normalized spacial score (nSPS) is 10.5. The van der Waals surface area contributed by atoms with Crippen molar-refractivity contribution in [1.29, 1.82) is 0 Å². The predicted octanol–water partition coefficient (Wildman–Crippen LogP) is 3.81. The summed E-state index contributed by atoms with van der Waals surface area (Å²) in [5.74, 6) is -0.809. The molecule has 0 bridgehead atoms. The lowest BCUT2D eigenvalue weighted by molar-refractivity contribution is -0.111. The number of carboxylic acids is 1. The van der Waals surface area contributed by atoms with Gasteiger partial charge < -0.3 is 15.2 Å². The van der Waals surface area contributed by atoms with Crippen LogP contribution in [0, 0.1) is 0 Å². The smallest absolute Gasteiger partial charge is 0.337 e. The summed E-state index contributed by atoms with van der Waals surface area (Å²) in [6.45, 7) is 0. The van der Waals surface area contributed by atoms with Crippen molar-refractivity contribution in [1.82, 2.24) is 0 Å². The SMILES string of the molecule is COc1ccc(/C=C/C(=O)Nc2ccccc2C(=O)O)cc1Br. The molecule has 0 aliphatic rings. The van der Waals surface area contributed by atoms with Crippen LogP contribution in [0.25, 0.3) is 6.08 Å². The number of methoxy groups -OCH3 is 1. The zero-order valence-corrected chi connectivity index (χ0v) is 13.8. The first kappa shape index (κ1) is 16.8. The topological polar surface area (TPSA) is 75.6 Å². The second-order valence-electron chi connectivity index (χ2n) is 4.57. The van der Waals surface area contributed by atoms with E-state index in [1.54, 1.807) is 43.5 Å². The second-order valence-corrected chi connectivity index (χ2v) is 5.42. The summed E-state index contributed by atoms with van der Waals surface area (Å²) < 4.78 is 5.91. The molecule has 0 fully saturated rings. The van der Waals surface area contributed by atoms with E-state index in [0.717, 1.165) is 10.0 Å². The first-order chi connectivity index (χ1) is 11.0. The molecule has 1 amide bonds. The van der Waals surface area contributed by atoms with E-state index in [9.17, 15) is 9.59 Å². The van der Waals surface area contributed by atoms with Gasteiger partial charge in [0.05, 0.1) is 22.8 Å². The van der Waals surface area contributed by atoms with E-state index in [1.807, 2.05) is 6.07 Å². The van der Waals surface area contributed by atoms with Crippen molar-refractivity contribution in [2.75, 3.05) is 12.4 Å². The van der Waals surface area contributed by atoms with Crippen LogP contribution in [-0.4, -0.2) is 24.1 Å². The Bertz CT molecular complexity index is 771. The number of para-hydroxylation sites is 1. The van der Waals surface area contributed by atoms with Crippen LogP contribution in [0.3, 0.4) is 0 Å². The van der Waals surface area contributed by atoms with Crippen LogP contribution in [0.5, 0.6) is 5.75 Å². The number of hydrogen-bond donors (Lipinski definition) is 2. The average Bonchev–Trinajstić information content (AvgIpc) is 2.53. The van der Waals surface area contributed by atoms with Crippen molar-refractivity contribution >= 4 is 39.6 Å². The maximum atomic E-state index is 11.9. The molecule has 0 atom stereocenters. The quantitative estimate of drug-likeness (QED) is 0.779. The van der Waals surface area contributed by atoms with Crippen molar-refractivity contribution in [3.05, 3.63) is 64.1 Å². The van der Waals surface area contributed by atoms with Gasteiger partial charge >= 0.3 is 5.97 Å². The van der Waals surface area contributed by atoms with Crippen LogP contribution >= 0.6 is 15.9 Å². The van der Waals surface area contributed by atoms with Crippen molar-refractivity contribution in [2.24, 2.45) is 0 Å². The van der Waals surface area contributed by atoms with Crippen LogP contribution in [-0.2, 0) is 4.79 Å². The summed E-state index contributed by atoms with van der Waals surface area (Å²) in [4.78, 5) is 23.0. The Balaban J connectivity index is 2.11. The zero-order chi connectivity index (χ0) is 16.8. The standard InChI is InChI=1S/C17H14BrNO4/c1-23-15-8-6-11(10-13(15)18)7-9-16(20)19-14-5-3-2-4-12(14)17(21)22/h2-10H,1H3,(H,19,20)(H,21,22)/b9-7+. The molecule has 5 nitrogen and oxygen atoms in total. The highest BCUT2D eigenvalue weighted by Crippen LogP contribution is 2.26. The van der Waals surface area contributed by atoms with Crippen molar-refractivity contribution in [3.8, 4) is 5.75 Å². The Hall–Kier alpha value is -2.60. The summed E-state index contributed by atoms with van der Waals surface area (Å²) in [5.41, 5.74) is 1.10. The van der Waals surface area contributed by atoms with E-state index in [1.165, 1.54) is 12.1 Å². The Morgan fingerprint density at radius 1 is 1.22 bits per heavy atom. The number of nitrogens with one attached hydrogen (secondary N) is 1. The lowest BCUT2D eigenvalue weighted by atomic mass is 10.1. The molecule has 0 radical (unpaired) electrons. The van der Waals surface area contributed by atoms with Gasteiger partial charge in [-0.15, -0.1) is 0 Å². The first-order valence-electron chi connectivity index (χ1n) is 6.66. The molecule has 0 aliphatic heterocycles. The molecule has 2 aromatic rings. The number of carbonyl (C=O) groups is 2. The molecular weight excluding hydrogens is 362 g/mol. The number of halogens is 1. The van der Waals surface area contributed by atoms with Crippen LogP contribution in [0.4, 0.5) is 5.69 Å². The summed E-state index contributed by atoms with van der Waals surface area (Å²) >= 11 is 3.37. The van der Waals surface area contributed by atoms with E-state index < -0.39 is 11.9 Å². The number of amides is 1. The maximum Gasteiger partial charge on any atom is 0.337 e. The number of aromatic carboxylic acids is 1. The minimum Gasteiger partial charge on any atom is -0.496 e. The molecule has 0 spiro atoms. The van der Waals surface area contributed by atoms with Crippen LogP contribution in [0.15, 0.2) is 53.0 Å². The molecule has 0 aromatic heterocycles. The Labute approximate surface area is 141 Å². The molecule has 6 heteroatoms. The largest absolute Gasteiger partial charge is 0.496 e. The van der Waals surface area contributed by atoms with Gasteiger partial charge in [0.2, 0.25) is 5.91 Å². The molecule has 118 valence electrons. The highest BCUT2D eigenvalue weighted by atomic mass is 79.9. The molecule has 2 N–H and O–H groups in total. The van der Waals surface area contributed by atoms with Gasteiger partial charge in [0.15, 0.2) is 0 Å². The van der Waals surface area contributed by atoms with E-state index >= 15 is 0 Å². The second kappa shape index (κ2) is 7.60. The van der Waals surface area contributed by atoms with E-state index in [4.69, 9.17) is 9.84 Å². The van der Waals surface area contributed by atoms with Crippen molar-refractivity contribution in [2.45, 2.75) is 0 Å². The zero-order valence-electron chi connectivity index (χ0n) is 12.2. The number of carbonyl (C=O) groups excluding carboxylic acids is 1. The van der Waals surface area contributed by atoms with Crippen LogP contribution < -0.4 is 10.1 Å². The molecule has 0 saturated carbocycles. The monoisotopic (exact) mass is 375 g/mol. The predicted molar refractivity (Wildman–Crippen MR) is 91.8 cm³/mol. The summed E-state index contributed by atoms with van der Waals surface area (Å²) in [6.07, 6.45) is 2.97. The lowest BCUT2D eigenvalue weighted by Crippen LogP contribution is -2.11. The Morgan fingerprint density at radius 3 is 2.61 bits per heavy atom. The Kier molecular flexibility index (Phi) is 5.54. The molecule has 0 saturated heterocycles. The van der Waals surface area contributed by atoms with Gasteiger partial charge in [-0.05, 0) is 51.8 Å².